The molecule has 128 valence electrons. The van der Waals surface area contributed by atoms with E-state index in [-0.39, 0.29) is 0 Å². The Morgan fingerprint density at radius 2 is 1.96 bits per heavy atom. The lowest BCUT2D eigenvalue weighted by Gasteiger charge is -2.37. The fraction of sp³-hybridized carbons (Fsp3) is 0.263. The van der Waals surface area contributed by atoms with E-state index in [4.69, 9.17) is 12.2 Å². The van der Waals surface area contributed by atoms with Gasteiger partial charge in [-0.15, -0.1) is 0 Å². The molecular weight excluding hydrogens is 330 g/mol. The van der Waals surface area contributed by atoms with Crippen LogP contribution < -0.4 is 15.5 Å². The first-order valence-corrected chi connectivity index (χ1v) is 8.95. The van der Waals surface area contributed by atoms with E-state index in [1.165, 1.54) is 22.5 Å². The maximum absolute atomic E-state index is 5.58. The van der Waals surface area contributed by atoms with Gasteiger partial charge in [-0.25, -0.2) is 0 Å². The predicted molar refractivity (Wildman–Crippen MR) is 107 cm³/mol. The lowest BCUT2D eigenvalue weighted by Crippen LogP contribution is -2.51. The van der Waals surface area contributed by atoms with Gasteiger partial charge in [0.1, 0.15) is 0 Å². The molecule has 0 spiro atoms. The minimum atomic E-state index is 0.794. The Morgan fingerprint density at radius 3 is 2.76 bits per heavy atom. The number of aromatic nitrogens is 1. The lowest BCUT2D eigenvalue weighted by molar-refractivity contribution is 0.384. The second-order valence-corrected chi connectivity index (χ2v) is 6.59. The molecule has 1 fully saturated rings. The van der Waals surface area contributed by atoms with E-state index in [1.807, 2.05) is 24.7 Å². The van der Waals surface area contributed by atoms with E-state index in [0.717, 1.165) is 37.8 Å². The van der Waals surface area contributed by atoms with Gasteiger partial charge in [0.15, 0.2) is 5.11 Å². The Labute approximate surface area is 153 Å². The second-order valence-electron chi connectivity index (χ2n) is 6.20. The van der Waals surface area contributed by atoms with E-state index < -0.39 is 0 Å². The highest BCUT2D eigenvalue weighted by Crippen LogP contribution is 2.29. The van der Waals surface area contributed by atoms with Gasteiger partial charge in [-0.3, -0.25) is 4.98 Å². The van der Waals surface area contributed by atoms with E-state index >= 15 is 0 Å². The number of piperazine rings is 1. The summed E-state index contributed by atoms with van der Waals surface area (Å²) in [5, 5.41) is 7.51. The Morgan fingerprint density at radius 1 is 1.12 bits per heavy atom. The second kappa shape index (κ2) is 7.11. The van der Waals surface area contributed by atoms with Crippen molar-refractivity contribution in [3.63, 3.8) is 0 Å². The molecular formula is C19H21N5S. The van der Waals surface area contributed by atoms with Crippen LogP contribution in [0.1, 0.15) is 5.56 Å². The summed E-state index contributed by atoms with van der Waals surface area (Å²) in [4.78, 5) is 8.78. The van der Waals surface area contributed by atoms with Crippen molar-refractivity contribution in [1.29, 1.82) is 0 Å². The van der Waals surface area contributed by atoms with Crippen molar-refractivity contribution in [2.75, 3.05) is 42.9 Å². The number of nitrogens with one attached hydrogen (secondary N) is 2. The van der Waals surface area contributed by atoms with Crippen LogP contribution in [0.2, 0.25) is 0 Å². The van der Waals surface area contributed by atoms with E-state index in [1.54, 1.807) is 0 Å². The van der Waals surface area contributed by atoms with Crippen LogP contribution >= 0.6 is 12.2 Å². The standard InChI is InChI=1S/C19H21N5S/c25-19(22-13-15-12-21-18-6-2-1-5-17(15)18)24-10-8-23(9-11-24)16-4-3-7-20-14-16/h1-7,13-14,21H,8-12H2,(H,22,25)/b15-13-. The van der Waals surface area contributed by atoms with Crippen LogP contribution in [-0.2, 0) is 0 Å². The summed E-state index contributed by atoms with van der Waals surface area (Å²) in [7, 11) is 0. The molecule has 2 aliphatic heterocycles. The Balaban J connectivity index is 1.34. The number of rotatable bonds is 2. The molecule has 0 radical (unpaired) electrons. The number of hydrogen-bond acceptors (Lipinski definition) is 4. The molecule has 2 aromatic rings. The summed E-state index contributed by atoms with van der Waals surface area (Å²) in [5.41, 5.74) is 4.86. The van der Waals surface area contributed by atoms with Crippen molar-refractivity contribution in [2.24, 2.45) is 0 Å². The van der Waals surface area contributed by atoms with Crippen LogP contribution in [0.25, 0.3) is 5.57 Å². The quantitative estimate of drug-likeness (QED) is 0.811. The number of benzene rings is 1. The van der Waals surface area contributed by atoms with Gasteiger partial charge in [0.2, 0.25) is 0 Å². The average molecular weight is 351 g/mol. The van der Waals surface area contributed by atoms with Crippen molar-refractivity contribution < 1.29 is 0 Å². The summed E-state index contributed by atoms with van der Waals surface area (Å²) in [5.74, 6) is 0. The van der Waals surface area contributed by atoms with Gasteiger partial charge in [0.05, 0.1) is 11.9 Å². The van der Waals surface area contributed by atoms with Gasteiger partial charge in [0.25, 0.3) is 0 Å². The molecule has 2 aliphatic rings. The molecule has 1 saturated heterocycles. The first kappa shape index (κ1) is 15.9. The molecule has 1 aromatic carbocycles. The van der Waals surface area contributed by atoms with Gasteiger partial charge in [-0.1, -0.05) is 18.2 Å². The van der Waals surface area contributed by atoms with Gasteiger partial charge >= 0.3 is 0 Å². The maximum atomic E-state index is 5.58. The fourth-order valence-corrected chi connectivity index (χ4v) is 3.52. The summed E-state index contributed by atoms with van der Waals surface area (Å²) in [6.07, 6.45) is 5.76. The van der Waals surface area contributed by atoms with Crippen LogP contribution in [0.3, 0.4) is 0 Å². The topological polar surface area (TPSA) is 43.4 Å². The molecule has 1 aromatic heterocycles. The molecule has 3 heterocycles. The highest BCUT2D eigenvalue weighted by molar-refractivity contribution is 7.80. The van der Waals surface area contributed by atoms with Crippen LogP contribution in [0.4, 0.5) is 11.4 Å². The third-order valence-electron chi connectivity index (χ3n) is 4.69. The van der Waals surface area contributed by atoms with Gasteiger partial charge in [-0.2, -0.15) is 0 Å². The zero-order valence-electron chi connectivity index (χ0n) is 14.0. The van der Waals surface area contributed by atoms with Crippen molar-refractivity contribution in [1.82, 2.24) is 15.2 Å². The Hall–Kier alpha value is -2.60. The molecule has 0 unspecified atom stereocenters. The molecule has 0 atom stereocenters. The average Bonchev–Trinajstić information content (AvgIpc) is 3.10. The molecule has 25 heavy (non-hydrogen) atoms. The van der Waals surface area contributed by atoms with Crippen LogP contribution in [0, 0.1) is 0 Å². The largest absolute Gasteiger partial charge is 0.380 e. The van der Waals surface area contributed by atoms with Crippen molar-refractivity contribution in [3.05, 3.63) is 60.6 Å². The SMILES string of the molecule is S=C(N/C=C1/CNc2ccccc21)N1CCN(c2cccnc2)CC1. The zero-order valence-corrected chi connectivity index (χ0v) is 14.8. The zero-order chi connectivity index (χ0) is 17.1. The third kappa shape index (κ3) is 3.44. The van der Waals surface area contributed by atoms with Crippen LogP contribution in [0.15, 0.2) is 55.0 Å². The van der Waals surface area contributed by atoms with Gasteiger partial charge < -0.3 is 20.4 Å². The lowest BCUT2D eigenvalue weighted by atomic mass is 10.1. The number of anilines is 2. The van der Waals surface area contributed by atoms with E-state index in [9.17, 15) is 0 Å². The number of nitrogens with zero attached hydrogens (tertiary/aromatic N) is 3. The summed E-state index contributed by atoms with van der Waals surface area (Å²) >= 11 is 5.58. The number of hydrogen-bond donors (Lipinski definition) is 2. The number of pyridine rings is 1. The van der Waals surface area contributed by atoms with Crippen molar-refractivity contribution in [3.8, 4) is 0 Å². The highest BCUT2D eigenvalue weighted by Gasteiger charge is 2.19. The maximum Gasteiger partial charge on any atom is 0.173 e. The van der Waals surface area contributed by atoms with E-state index in [2.05, 4.69) is 55.7 Å². The minimum Gasteiger partial charge on any atom is -0.380 e. The third-order valence-corrected chi connectivity index (χ3v) is 5.07. The molecule has 4 rings (SSSR count). The van der Waals surface area contributed by atoms with Gasteiger partial charge in [0, 0.05) is 56.4 Å². The van der Waals surface area contributed by atoms with E-state index in [0.29, 0.717) is 0 Å². The molecule has 0 aliphatic carbocycles. The first-order valence-electron chi connectivity index (χ1n) is 8.54. The summed E-state index contributed by atoms with van der Waals surface area (Å²) in [6.45, 7) is 4.57. The number of thiocarbonyl (C=S) groups is 1. The molecule has 0 saturated carbocycles. The molecule has 5 nitrogen and oxygen atoms in total. The predicted octanol–water partition coefficient (Wildman–Crippen LogP) is 2.54. The Bertz CT molecular complexity index is 781. The molecule has 0 amide bonds. The monoisotopic (exact) mass is 351 g/mol. The summed E-state index contributed by atoms with van der Waals surface area (Å²) < 4.78 is 0. The first-order chi connectivity index (χ1) is 12.3. The molecule has 6 heteroatoms. The van der Waals surface area contributed by atoms with Crippen LogP contribution in [0.5, 0.6) is 0 Å². The molecule has 2 N–H and O–H groups in total. The smallest absolute Gasteiger partial charge is 0.173 e. The number of para-hydroxylation sites is 1. The minimum absolute atomic E-state index is 0.794. The Kier molecular flexibility index (Phi) is 4.52. The normalized spacial score (nSPS) is 18.0. The van der Waals surface area contributed by atoms with Crippen molar-refractivity contribution in [2.45, 2.75) is 0 Å². The fourth-order valence-electron chi connectivity index (χ4n) is 3.28. The molecule has 0 bridgehead atoms. The number of fused-ring (bicyclic) bond motifs is 1. The van der Waals surface area contributed by atoms with Gasteiger partial charge in [-0.05, 0) is 36.0 Å². The summed E-state index contributed by atoms with van der Waals surface area (Å²) in [6, 6.07) is 12.4. The van der Waals surface area contributed by atoms with Crippen molar-refractivity contribution >= 4 is 34.3 Å². The highest BCUT2D eigenvalue weighted by atomic mass is 32.1. The van der Waals surface area contributed by atoms with Crippen LogP contribution in [-0.4, -0.2) is 47.7 Å².